The van der Waals surface area contributed by atoms with E-state index in [1.54, 1.807) is 12.1 Å². The van der Waals surface area contributed by atoms with Crippen molar-refractivity contribution < 1.29 is 9.59 Å². The van der Waals surface area contributed by atoms with Crippen LogP contribution in [-0.4, -0.2) is 76.8 Å². The van der Waals surface area contributed by atoms with Crippen LogP contribution in [0.4, 0.5) is 0 Å². The minimum Gasteiger partial charge on any atom is -0.340 e. The minimum atomic E-state index is -0.0596. The van der Waals surface area contributed by atoms with Crippen LogP contribution in [-0.2, 0) is 4.79 Å². The Morgan fingerprint density at radius 3 is 2.26 bits per heavy atom. The van der Waals surface area contributed by atoms with Crippen molar-refractivity contribution >= 4 is 11.8 Å². The summed E-state index contributed by atoms with van der Waals surface area (Å²) in [7, 11) is 0. The third kappa shape index (κ3) is 3.94. The Morgan fingerprint density at radius 1 is 1.00 bits per heavy atom. The first-order valence-corrected chi connectivity index (χ1v) is 11.8. The molecule has 2 aliphatic heterocycles. The molecule has 4 fully saturated rings. The molecule has 3 heterocycles. The molecule has 0 bridgehead atoms. The van der Waals surface area contributed by atoms with Gasteiger partial charge >= 0.3 is 0 Å². The number of hydrogen-bond acceptors (Lipinski definition) is 5. The molecule has 31 heavy (non-hydrogen) atoms. The van der Waals surface area contributed by atoms with E-state index in [0.29, 0.717) is 17.2 Å². The maximum absolute atomic E-state index is 13.0. The van der Waals surface area contributed by atoms with Crippen LogP contribution in [0.5, 0.6) is 0 Å². The number of carbonyl (C=O) groups is 2. The monoisotopic (exact) mass is 421 g/mol. The molecule has 1 aromatic heterocycles. The molecule has 0 unspecified atom stereocenters. The molecular formula is C24H31N5O2. The van der Waals surface area contributed by atoms with Gasteiger partial charge in [-0.2, -0.15) is 5.26 Å². The molecule has 0 aromatic carbocycles. The number of hydrogen-bond donors (Lipinski definition) is 0. The molecule has 164 valence electrons. The van der Waals surface area contributed by atoms with Crippen molar-refractivity contribution in [2.45, 2.75) is 51.0 Å². The Kier molecular flexibility index (Phi) is 5.43. The Balaban J connectivity index is 1.08. The summed E-state index contributed by atoms with van der Waals surface area (Å²) in [6.07, 6.45) is 9.37. The number of pyridine rings is 1. The van der Waals surface area contributed by atoms with Crippen LogP contribution in [0, 0.1) is 22.7 Å². The van der Waals surface area contributed by atoms with Crippen molar-refractivity contribution in [2.24, 2.45) is 11.3 Å². The van der Waals surface area contributed by atoms with E-state index in [-0.39, 0.29) is 17.2 Å². The number of carbonyl (C=O) groups excluding carboxylic acids is 2. The van der Waals surface area contributed by atoms with Crippen LogP contribution in [0.2, 0.25) is 0 Å². The molecule has 0 atom stereocenters. The summed E-state index contributed by atoms with van der Waals surface area (Å²) in [6, 6.07) is 6.07. The van der Waals surface area contributed by atoms with Gasteiger partial charge in [0.2, 0.25) is 5.91 Å². The van der Waals surface area contributed by atoms with Gasteiger partial charge in [-0.25, -0.2) is 4.98 Å². The number of likely N-dealkylation sites (tertiary alicyclic amines) is 1. The van der Waals surface area contributed by atoms with Crippen molar-refractivity contribution in [3.8, 4) is 6.07 Å². The van der Waals surface area contributed by atoms with E-state index in [0.717, 1.165) is 71.0 Å². The van der Waals surface area contributed by atoms with Crippen LogP contribution in [0.15, 0.2) is 18.3 Å². The van der Waals surface area contributed by atoms with Crippen molar-refractivity contribution in [2.75, 3.05) is 39.3 Å². The first-order chi connectivity index (χ1) is 15.1. The first kappa shape index (κ1) is 20.4. The summed E-state index contributed by atoms with van der Waals surface area (Å²) in [4.78, 5) is 36.4. The van der Waals surface area contributed by atoms with E-state index in [9.17, 15) is 9.59 Å². The maximum Gasteiger partial charge on any atom is 0.272 e. The number of rotatable bonds is 3. The smallest absolute Gasteiger partial charge is 0.272 e. The van der Waals surface area contributed by atoms with Gasteiger partial charge < -0.3 is 9.80 Å². The topological polar surface area (TPSA) is 80.5 Å². The van der Waals surface area contributed by atoms with Crippen LogP contribution in [0.25, 0.3) is 0 Å². The predicted octanol–water partition coefficient (Wildman–Crippen LogP) is 2.28. The van der Waals surface area contributed by atoms with E-state index in [2.05, 4.69) is 14.8 Å². The number of nitriles is 1. The third-order valence-corrected chi connectivity index (χ3v) is 8.15. The molecule has 5 rings (SSSR count). The molecule has 0 radical (unpaired) electrons. The lowest BCUT2D eigenvalue weighted by atomic mass is 9.57. The molecular weight excluding hydrogens is 390 g/mol. The van der Waals surface area contributed by atoms with Crippen molar-refractivity contribution in [3.05, 3.63) is 29.6 Å². The van der Waals surface area contributed by atoms with Crippen LogP contribution < -0.4 is 0 Å². The summed E-state index contributed by atoms with van der Waals surface area (Å²) in [5, 5.41) is 8.88. The average Bonchev–Trinajstić information content (AvgIpc) is 2.76. The second-order valence-corrected chi connectivity index (χ2v) is 9.89. The summed E-state index contributed by atoms with van der Waals surface area (Å²) >= 11 is 0. The number of amides is 2. The van der Waals surface area contributed by atoms with Gasteiger partial charge in [0.15, 0.2) is 0 Å². The largest absolute Gasteiger partial charge is 0.340 e. The lowest BCUT2D eigenvalue weighted by molar-refractivity contribution is -0.148. The Morgan fingerprint density at radius 2 is 1.71 bits per heavy atom. The fraction of sp³-hybridized carbons (Fsp3) is 0.667. The maximum atomic E-state index is 13.0. The molecule has 2 aliphatic carbocycles. The molecule has 1 aromatic rings. The Hall–Kier alpha value is -2.46. The summed E-state index contributed by atoms with van der Waals surface area (Å²) < 4.78 is 0. The van der Waals surface area contributed by atoms with E-state index in [4.69, 9.17) is 5.26 Å². The van der Waals surface area contributed by atoms with E-state index in [1.165, 1.54) is 25.5 Å². The van der Waals surface area contributed by atoms with Crippen molar-refractivity contribution in [1.82, 2.24) is 19.7 Å². The molecule has 1 spiro atoms. The molecule has 0 N–H and O–H groups in total. The fourth-order valence-electron chi connectivity index (χ4n) is 5.82. The standard InChI is InChI=1S/C24H31N5O2/c25-16-18-4-5-21(26-17-18)23(31)28-8-6-24(7-9-28)14-19(15-24)22(30)29-12-10-27(11-13-29)20-2-1-3-20/h4-5,17,19-20H,1-3,6-15H2. The zero-order chi connectivity index (χ0) is 21.4. The zero-order valence-corrected chi connectivity index (χ0v) is 18.1. The van der Waals surface area contributed by atoms with E-state index in [1.807, 2.05) is 11.0 Å². The number of aromatic nitrogens is 1. The summed E-state index contributed by atoms with van der Waals surface area (Å²) in [6.45, 7) is 5.30. The predicted molar refractivity (Wildman–Crippen MR) is 115 cm³/mol. The third-order valence-electron chi connectivity index (χ3n) is 8.15. The lowest BCUT2D eigenvalue weighted by Crippen LogP contribution is -2.57. The highest BCUT2D eigenvalue weighted by Gasteiger charge is 2.50. The highest BCUT2D eigenvalue weighted by Crippen LogP contribution is 2.53. The normalized spacial score (nSPS) is 24.4. The number of piperidine rings is 1. The highest BCUT2D eigenvalue weighted by molar-refractivity contribution is 5.92. The molecule has 2 saturated heterocycles. The summed E-state index contributed by atoms with van der Waals surface area (Å²) in [5.41, 5.74) is 1.10. The SMILES string of the molecule is N#Cc1ccc(C(=O)N2CCC3(CC2)CC(C(=O)N2CCN(C4CCC4)CC2)C3)nc1. The van der Waals surface area contributed by atoms with Gasteiger partial charge in [0.25, 0.3) is 5.91 Å². The van der Waals surface area contributed by atoms with Crippen molar-refractivity contribution in [3.63, 3.8) is 0 Å². The highest BCUT2D eigenvalue weighted by atomic mass is 16.2. The van der Waals surface area contributed by atoms with Gasteiger partial charge in [-0.15, -0.1) is 0 Å². The minimum absolute atomic E-state index is 0.0596. The van der Waals surface area contributed by atoms with Crippen LogP contribution in [0.1, 0.15) is 61.0 Å². The molecule has 4 aliphatic rings. The van der Waals surface area contributed by atoms with Crippen molar-refractivity contribution in [1.29, 1.82) is 5.26 Å². The zero-order valence-electron chi connectivity index (χ0n) is 18.1. The lowest BCUT2D eigenvalue weighted by Gasteiger charge is -2.53. The Bertz CT molecular complexity index is 864. The Labute approximate surface area is 184 Å². The van der Waals surface area contributed by atoms with Gasteiger partial charge in [-0.3, -0.25) is 14.5 Å². The summed E-state index contributed by atoms with van der Waals surface area (Å²) in [5.74, 6) is 0.479. The van der Waals surface area contributed by atoms with Crippen LogP contribution in [0.3, 0.4) is 0 Å². The molecule has 7 nitrogen and oxygen atoms in total. The van der Waals surface area contributed by atoms with Gasteiger partial charge in [-0.1, -0.05) is 6.42 Å². The van der Waals surface area contributed by atoms with Crippen LogP contribution >= 0.6 is 0 Å². The van der Waals surface area contributed by atoms with E-state index >= 15 is 0 Å². The molecule has 7 heteroatoms. The second-order valence-electron chi connectivity index (χ2n) is 9.89. The quantitative estimate of drug-likeness (QED) is 0.748. The van der Waals surface area contributed by atoms with E-state index < -0.39 is 0 Å². The van der Waals surface area contributed by atoms with Gasteiger partial charge in [0, 0.05) is 57.4 Å². The van der Waals surface area contributed by atoms with Gasteiger partial charge in [0.05, 0.1) is 5.56 Å². The van der Waals surface area contributed by atoms with Gasteiger partial charge in [0.1, 0.15) is 11.8 Å². The average molecular weight is 422 g/mol. The molecule has 2 amide bonds. The first-order valence-electron chi connectivity index (χ1n) is 11.8. The second kappa shape index (κ2) is 8.23. The molecule has 2 saturated carbocycles. The number of nitrogens with zero attached hydrogens (tertiary/aromatic N) is 5. The van der Waals surface area contributed by atoms with Gasteiger partial charge in [-0.05, 0) is 56.1 Å². The number of piperazine rings is 1. The fourth-order valence-corrected chi connectivity index (χ4v) is 5.82.